The van der Waals surface area contributed by atoms with Gasteiger partial charge < -0.3 is 0 Å². The number of carbonyl (C=O) groups excluding carboxylic acids is 1. The van der Waals surface area contributed by atoms with Gasteiger partial charge in [-0.3, -0.25) is 4.79 Å². The first kappa shape index (κ1) is 14.1. The van der Waals surface area contributed by atoms with Crippen molar-refractivity contribution in [1.29, 1.82) is 0 Å². The van der Waals surface area contributed by atoms with E-state index in [0.717, 1.165) is 31.1 Å². The SMILES string of the molecule is O=Cc1ccc(C#CCCCCc2ccccc2)cc1. The van der Waals surface area contributed by atoms with E-state index in [1.165, 1.54) is 12.0 Å². The summed E-state index contributed by atoms with van der Waals surface area (Å²) >= 11 is 0. The van der Waals surface area contributed by atoms with Crippen LogP contribution in [0, 0.1) is 11.8 Å². The van der Waals surface area contributed by atoms with Crippen LogP contribution in [0.4, 0.5) is 0 Å². The Morgan fingerprint density at radius 2 is 1.65 bits per heavy atom. The number of unbranched alkanes of at least 4 members (excludes halogenated alkanes) is 2. The predicted molar refractivity (Wildman–Crippen MR) is 82.7 cm³/mol. The Bertz CT molecular complexity index is 585. The van der Waals surface area contributed by atoms with Crippen LogP contribution in [-0.4, -0.2) is 6.29 Å². The highest BCUT2D eigenvalue weighted by Gasteiger charge is 1.91. The lowest BCUT2D eigenvalue weighted by Crippen LogP contribution is -1.84. The van der Waals surface area contributed by atoms with Crippen LogP contribution in [0.25, 0.3) is 0 Å². The maximum absolute atomic E-state index is 10.5. The minimum Gasteiger partial charge on any atom is -0.298 e. The van der Waals surface area contributed by atoms with Crippen LogP contribution in [0.3, 0.4) is 0 Å². The quantitative estimate of drug-likeness (QED) is 0.447. The van der Waals surface area contributed by atoms with Crippen LogP contribution in [0.1, 0.15) is 40.7 Å². The summed E-state index contributed by atoms with van der Waals surface area (Å²) < 4.78 is 0. The van der Waals surface area contributed by atoms with Crippen LogP contribution in [0.2, 0.25) is 0 Å². The first-order valence-electron chi connectivity index (χ1n) is 6.96. The molecule has 1 nitrogen and oxygen atoms in total. The Kier molecular flexibility index (Phi) is 5.61. The molecule has 0 saturated heterocycles. The molecule has 2 aromatic rings. The maximum Gasteiger partial charge on any atom is 0.150 e. The number of aryl methyl sites for hydroxylation is 1. The second-order valence-electron chi connectivity index (χ2n) is 4.73. The van der Waals surface area contributed by atoms with Crippen molar-refractivity contribution in [3.63, 3.8) is 0 Å². The standard InChI is InChI=1S/C19H18O/c20-16-19-14-12-18(13-15-19)11-5-2-1-4-8-17-9-6-3-7-10-17/h3,6-7,9-10,12-16H,1-2,4,8H2. The Hall–Kier alpha value is -2.33. The molecule has 0 radical (unpaired) electrons. The van der Waals surface area contributed by atoms with Crippen molar-refractivity contribution >= 4 is 6.29 Å². The Labute approximate surface area is 120 Å². The highest BCUT2D eigenvalue weighted by Crippen LogP contribution is 2.06. The predicted octanol–water partition coefficient (Wildman–Crippen LogP) is 4.26. The van der Waals surface area contributed by atoms with E-state index < -0.39 is 0 Å². The first-order valence-corrected chi connectivity index (χ1v) is 6.96. The highest BCUT2D eigenvalue weighted by molar-refractivity contribution is 5.74. The summed E-state index contributed by atoms with van der Waals surface area (Å²) in [6.45, 7) is 0. The molecule has 0 unspecified atom stereocenters. The monoisotopic (exact) mass is 262 g/mol. The van der Waals surface area contributed by atoms with E-state index in [4.69, 9.17) is 0 Å². The normalized spacial score (nSPS) is 9.60. The van der Waals surface area contributed by atoms with Crippen molar-refractivity contribution in [2.24, 2.45) is 0 Å². The molecule has 100 valence electrons. The maximum atomic E-state index is 10.5. The van der Waals surface area contributed by atoms with Crippen molar-refractivity contribution in [1.82, 2.24) is 0 Å². The fourth-order valence-electron chi connectivity index (χ4n) is 2.00. The zero-order valence-corrected chi connectivity index (χ0v) is 11.5. The van der Waals surface area contributed by atoms with Crippen LogP contribution in [0.15, 0.2) is 54.6 Å². The van der Waals surface area contributed by atoms with E-state index in [1.54, 1.807) is 12.1 Å². The molecule has 2 rings (SSSR count). The van der Waals surface area contributed by atoms with E-state index in [-0.39, 0.29) is 0 Å². The van der Waals surface area contributed by atoms with Crippen LogP contribution in [-0.2, 0) is 6.42 Å². The topological polar surface area (TPSA) is 17.1 Å². The molecule has 0 aliphatic rings. The molecule has 0 fully saturated rings. The van der Waals surface area contributed by atoms with Gasteiger partial charge in [0.2, 0.25) is 0 Å². The summed E-state index contributed by atoms with van der Waals surface area (Å²) in [4.78, 5) is 10.5. The van der Waals surface area contributed by atoms with Crippen molar-refractivity contribution in [2.75, 3.05) is 0 Å². The third-order valence-corrected chi connectivity index (χ3v) is 3.14. The van der Waals surface area contributed by atoms with Gasteiger partial charge in [0.1, 0.15) is 6.29 Å². The molecule has 0 N–H and O–H groups in total. The van der Waals surface area contributed by atoms with Crippen molar-refractivity contribution in [2.45, 2.75) is 25.7 Å². The number of benzene rings is 2. The Balaban J connectivity index is 1.70. The molecule has 20 heavy (non-hydrogen) atoms. The summed E-state index contributed by atoms with van der Waals surface area (Å²) in [6, 6.07) is 17.9. The third-order valence-electron chi connectivity index (χ3n) is 3.14. The first-order chi connectivity index (χ1) is 9.88. The van der Waals surface area contributed by atoms with Gasteiger partial charge in [0.25, 0.3) is 0 Å². The summed E-state index contributed by atoms with van der Waals surface area (Å²) in [5, 5.41) is 0. The number of rotatable bonds is 5. The molecule has 0 heterocycles. The molecule has 0 aliphatic carbocycles. The molecule has 0 amide bonds. The van der Waals surface area contributed by atoms with Crippen LogP contribution in [0.5, 0.6) is 0 Å². The fourth-order valence-corrected chi connectivity index (χ4v) is 2.00. The lowest BCUT2D eigenvalue weighted by atomic mass is 10.1. The molecule has 0 aromatic heterocycles. The number of hydrogen-bond acceptors (Lipinski definition) is 1. The molecule has 1 heteroatoms. The van der Waals surface area contributed by atoms with Gasteiger partial charge in [0.05, 0.1) is 0 Å². The highest BCUT2D eigenvalue weighted by atomic mass is 16.1. The van der Waals surface area contributed by atoms with Crippen molar-refractivity contribution in [3.8, 4) is 11.8 Å². The van der Waals surface area contributed by atoms with Crippen molar-refractivity contribution < 1.29 is 4.79 Å². The molecular weight excluding hydrogens is 244 g/mol. The molecule has 0 atom stereocenters. The Morgan fingerprint density at radius 3 is 2.35 bits per heavy atom. The zero-order chi connectivity index (χ0) is 14.0. The zero-order valence-electron chi connectivity index (χ0n) is 11.5. The summed E-state index contributed by atoms with van der Waals surface area (Å²) in [7, 11) is 0. The molecule has 0 aliphatic heterocycles. The van der Waals surface area contributed by atoms with Gasteiger partial charge in [-0.25, -0.2) is 0 Å². The lowest BCUT2D eigenvalue weighted by molar-refractivity contribution is 0.112. The lowest BCUT2D eigenvalue weighted by Gasteiger charge is -1.98. The largest absolute Gasteiger partial charge is 0.298 e. The smallest absolute Gasteiger partial charge is 0.150 e. The van der Waals surface area contributed by atoms with Crippen LogP contribution < -0.4 is 0 Å². The minimum atomic E-state index is 0.693. The number of carbonyl (C=O) groups is 1. The van der Waals surface area contributed by atoms with E-state index in [9.17, 15) is 4.79 Å². The van der Waals surface area contributed by atoms with Crippen molar-refractivity contribution in [3.05, 3.63) is 71.3 Å². The summed E-state index contributed by atoms with van der Waals surface area (Å²) in [6.07, 6.45) is 5.18. The van der Waals surface area contributed by atoms with Gasteiger partial charge in [0, 0.05) is 17.5 Å². The van der Waals surface area contributed by atoms with E-state index in [2.05, 4.69) is 36.1 Å². The molecule has 2 aromatic carbocycles. The van der Waals surface area contributed by atoms with E-state index in [1.807, 2.05) is 18.2 Å². The average Bonchev–Trinajstić information content (AvgIpc) is 2.52. The summed E-state index contributed by atoms with van der Waals surface area (Å²) in [5.41, 5.74) is 3.06. The Morgan fingerprint density at radius 1 is 0.900 bits per heavy atom. The second kappa shape index (κ2) is 7.96. The van der Waals surface area contributed by atoms with Gasteiger partial charge >= 0.3 is 0 Å². The van der Waals surface area contributed by atoms with Gasteiger partial charge in [-0.15, -0.1) is 0 Å². The van der Waals surface area contributed by atoms with Crippen LogP contribution >= 0.6 is 0 Å². The van der Waals surface area contributed by atoms with Gasteiger partial charge in [-0.05, 0) is 37.0 Å². The molecule has 0 saturated carbocycles. The van der Waals surface area contributed by atoms with Gasteiger partial charge in [0.15, 0.2) is 0 Å². The molecule has 0 spiro atoms. The minimum absolute atomic E-state index is 0.693. The number of hydrogen-bond donors (Lipinski definition) is 0. The van der Waals surface area contributed by atoms with E-state index in [0.29, 0.717) is 5.56 Å². The summed E-state index contributed by atoms with van der Waals surface area (Å²) in [5.74, 6) is 6.32. The fraction of sp³-hybridized carbons (Fsp3) is 0.211. The average molecular weight is 262 g/mol. The van der Waals surface area contributed by atoms with Gasteiger partial charge in [-0.1, -0.05) is 54.3 Å². The van der Waals surface area contributed by atoms with E-state index >= 15 is 0 Å². The number of aldehydes is 1. The molecular formula is C19H18O. The van der Waals surface area contributed by atoms with Gasteiger partial charge in [-0.2, -0.15) is 0 Å². The third kappa shape index (κ3) is 4.74. The molecule has 0 bridgehead atoms. The second-order valence-corrected chi connectivity index (χ2v) is 4.73.